The summed E-state index contributed by atoms with van der Waals surface area (Å²) in [5.74, 6) is -0.933. The lowest BCUT2D eigenvalue weighted by molar-refractivity contribution is -0.124. The number of imide groups is 1. The van der Waals surface area contributed by atoms with E-state index in [1.54, 1.807) is 48.8 Å². The van der Waals surface area contributed by atoms with Gasteiger partial charge in [-0.1, -0.05) is 30.3 Å². The van der Waals surface area contributed by atoms with Crippen LogP contribution >= 0.6 is 0 Å². The third-order valence-electron chi connectivity index (χ3n) is 5.52. The molecule has 1 fully saturated rings. The van der Waals surface area contributed by atoms with Gasteiger partial charge in [0.1, 0.15) is 5.82 Å². The molecule has 0 unspecified atom stereocenters. The third kappa shape index (κ3) is 3.10. The summed E-state index contributed by atoms with van der Waals surface area (Å²) in [6.07, 6.45) is 3.25. The highest BCUT2D eigenvalue weighted by atomic mass is 19.1. The van der Waals surface area contributed by atoms with Crippen molar-refractivity contribution in [2.24, 2.45) is 0 Å². The highest BCUT2D eigenvalue weighted by Crippen LogP contribution is 2.32. The summed E-state index contributed by atoms with van der Waals surface area (Å²) in [5.41, 5.74) is 0.706. The van der Waals surface area contributed by atoms with Gasteiger partial charge < -0.3 is 10.2 Å². The Balaban J connectivity index is 1.49. The van der Waals surface area contributed by atoms with E-state index in [9.17, 15) is 18.8 Å². The third-order valence-corrected chi connectivity index (χ3v) is 5.52. The average molecular weight is 417 g/mol. The van der Waals surface area contributed by atoms with E-state index in [1.807, 2.05) is 0 Å². The van der Waals surface area contributed by atoms with Gasteiger partial charge in [-0.15, -0.1) is 0 Å². The number of urea groups is 1. The van der Waals surface area contributed by atoms with Gasteiger partial charge in [-0.05, 0) is 29.3 Å². The predicted octanol–water partition coefficient (Wildman–Crippen LogP) is 1.97. The lowest BCUT2D eigenvalue weighted by Crippen LogP contribution is -2.52. The molecule has 3 aromatic rings. The molecule has 1 saturated heterocycles. The lowest BCUT2D eigenvalue weighted by atomic mass is 9.88. The predicted molar refractivity (Wildman–Crippen MR) is 107 cm³/mol. The molecule has 9 heteroatoms. The molecule has 1 atom stereocenters. The molecule has 2 N–H and O–H groups in total. The van der Waals surface area contributed by atoms with Crippen LogP contribution in [0.1, 0.15) is 21.5 Å². The van der Waals surface area contributed by atoms with Crippen molar-refractivity contribution in [1.29, 1.82) is 0 Å². The van der Waals surface area contributed by atoms with E-state index in [1.165, 1.54) is 17.0 Å². The molecule has 31 heavy (non-hydrogen) atoms. The number of fused-ring (bicyclic) bond motifs is 1. The first-order valence-corrected chi connectivity index (χ1v) is 9.55. The van der Waals surface area contributed by atoms with Crippen LogP contribution in [0.15, 0.2) is 60.9 Å². The Morgan fingerprint density at radius 2 is 1.77 bits per heavy atom. The fourth-order valence-electron chi connectivity index (χ4n) is 4.00. The molecule has 1 aromatic heterocycles. The number of hydrogen-bond acceptors (Lipinski definition) is 5. The van der Waals surface area contributed by atoms with Gasteiger partial charge in [0.05, 0.1) is 6.54 Å². The molecular formula is C22H16FN5O3. The summed E-state index contributed by atoms with van der Waals surface area (Å²) in [4.78, 5) is 47.6. The second kappa shape index (κ2) is 6.98. The second-order valence-corrected chi connectivity index (χ2v) is 7.43. The average Bonchev–Trinajstić information content (AvgIpc) is 3.24. The molecule has 0 radical (unpaired) electrons. The van der Waals surface area contributed by atoms with Gasteiger partial charge in [-0.2, -0.15) is 0 Å². The van der Waals surface area contributed by atoms with Crippen molar-refractivity contribution in [3.8, 4) is 11.4 Å². The van der Waals surface area contributed by atoms with Crippen molar-refractivity contribution < 1.29 is 18.8 Å². The van der Waals surface area contributed by atoms with Crippen LogP contribution in [0.4, 0.5) is 9.18 Å². The van der Waals surface area contributed by atoms with E-state index in [0.29, 0.717) is 17.0 Å². The minimum atomic E-state index is -1.47. The molecule has 0 bridgehead atoms. The van der Waals surface area contributed by atoms with E-state index in [0.717, 1.165) is 5.56 Å². The van der Waals surface area contributed by atoms with E-state index in [4.69, 9.17) is 0 Å². The zero-order valence-corrected chi connectivity index (χ0v) is 16.1. The van der Waals surface area contributed by atoms with Crippen LogP contribution in [0.25, 0.3) is 11.4 Å². The standard InChI is InChI=1S/C22H16FN5O3/c23-16-7-4-14-11-28(19(29)17(14)10-16)12-22(20(30)26-21(31)27-22)15-5-2-13(3-6-15)18-24-8-1-9-25-18/h1-10H,11-12H2,(H2,26,27,30,31)/t22-/m0/s1. The minimum absolute atomic E-state index is 0.0963. The number of carbonyl (C=O) groups is 3. The first kappa shape index (κ1) is 18.9. The molecule has 0 aliphatic carbocycles. The quantitative estimate of drug-likeness (QED) is 0.632. The van der Waals surface area contributed by atoms with Crippen molar-refractivity contribution >= 4 is 17.8 Å². The summed E-state index contributed by atoms with van der Waals surface area (Å²) >= 11 is 0. The largest absolute Gasteiger partial charge is 0.331 e. The summed E-state index contributed by atoms with van der Waals surface area (Å²) in [7, 11) is 0. The van der Waals surface area contributed by atoms with Gasteiger partial charge in [0.15, 0.2) is 11.4 Å². The van der Waals surface area contributed by atoms with Crippen LogP contribution in [0.5, 0.6) is 0 Å². The van der Waals surface area contributed by atoms with Crippen LogP contribution in [0, 0.1) is 5.82 Å². The summed E-state index contributed by atoms with van der Waals surface area (Å²) in [6.45, 7) is 0.121. The number of rotatable bonds is 4. The Hall–Kier alpha value is -4.14. The fraction of sp³-hybridized carbons (Fsp3) is 0.136. The van der Waals surface area contributed by atoms with E-state index in [-0.39, 0.29) is 18.7 Å². The number of nitrogens with zero attached hydrogens (tertiary/aromatic N) is 3. The zero-order valence-electron chi connectivity index (χ0n) is 16.1. The van der Waals surface area contributed by atoms with Crippen molar-refractivity contribution in [1.82, 2.24) is 25.5 Å². The summed E-state index contributed by atoms with van der Waals surface area (Å²) in [6, 6.07) is 12.0. The number of hydrogen-bond donors (Lipinski definition) is 2. The van der Waals surface area contributed by atoms with Gasteiger partial charge in [-0.25, -0.2) is 19.2 Å². The summed E-state index contributed by atoms with van der Waals surface area (Å²) in [5, 5.41) is 4.94. The smallest absolute Gasteiger partial charge is 0.322 e. The molecular weight excluding hydrogens is 401 g/mol. The minimum Gasteiger partial charge on any atom is -0.331 e. The van der Waals surface area contributed by atoms with E-state index >= 15 is 0 Å². The number of carbonyl (C=O) groups excluding carboxylic acids is 3. The van der Waals surface area contributed by atoms with Crippen molar-refractivity contribution in [2.75, 3.05) is 6.54 Å². The van der Waals surface area contributed by atoms with Crippen LogP contribution in [0.3, 0.4) is 0 Å². The molecule has 0 spiro atoms. The molecule has 8 nitrogen and oxygen atoms in total. The molecule has 154 valence electrons. The number of halogens is 1. The Kier molecular flexibility index (Phi) is 4.25. The van der Waals surface area contributed by atoms with Gasteiger partial charge >= 0.3 is 6.03 Å². The van der Waals surface area contributed by atoms with E-state index < -0.39 is 29.2 Å². The topological polar surface area (TPSA) is 104 Å². The Labute approximate surface area is 176 Å². The van der Waals surface area contributed by atoms with Crippen LogP contribution in [0.2, 0.25) is 0 Å². The monoisotopic (exact) mass is 417 g/mol. The lowest BCUT2D eigenvalue weighted by Gasteiger charge is -2.31. The van der Waals surface area contributed by atoms with Crippen molar-refractivity contribution in [2.45, 2.75) is 12.1 Å². The van der Waals surface area contributed by atoms with Gasteiger partial charge in [0.2, 0.25) is 0 Å². The molecule has 0 saturated carbocycles. The van der Waals surface area contributed by atoms with Crippen LogP contribution < -0.4 is 10.6 Å². The Morgan fingerprint density at radius 1 is 1.03 bits per heavy atom. The number of benzene rings is 2. The van der Waals surface area contributed by atoms with Crippen molar-refractivity contribution in [3.05, 3.63) is 83.4 Å². The SMILES string of the molecule is O=C1NC(=O)[C@](CN2Cc3ccc(F)cc3C2=O)(c2ccc(-c3ncccn3)cc2)N1. The fourth-order valence-corrected chi connectivity index (χ4v) is 4.00. The van der Waals surface area contributed by atoms with Crippen LogP contribution in [-0.4, -0.2) is 39.3 Å². The number of amides is 4. The van der Waals surface area contributed by atoms with Crippen LogP contribution in [-0.2, 0) is 16.9 Å². The normalized spacial score (nSPS) is 19.9. The maximum absolute atomic E-state index is 13.6. The molecule has 5 rings (SSSR count). The van der Waals surface area contributed by atoms with Crippen molar-refractivity contribution in [3.63, 3.8) is 0 Å². The zero-order chi connectivity index (χ0) is 21.6. The first-order valence-electron chi connectivity index (χ1n) is 9.55. The van der Waals surface area contributed by atoms with Gasteiger partial charge in [0, 0.05) is 30.1 Å². The molecule has 2 aliphatic rings. The molecule has 3 heterocycles. The first-order chi connectivity index (χ1) is 15.0. The molecule has 2 aliphatic heterocycles. The molecule has 4 amide bonds. The number of aromatic nitrogens is 2. The maximum Gasteiger partial charge on any atom is 0.322 e. The summed E-state index contributed by atoms with van der Waals surface area (Å²) < 4.78 is 13.6. The Bertz CT molecular complexity index is 1220. The number of nitrogens with one attached hydrogen (secondary N) is 2. The Morgan fingerprint density at radius 3 is 2.45 bits per heavy atom. The van der Waals surface area contributed by atoms with E-state index in [2.05, 4.69) is 20.6 Å². The van der Waals surface area contributed by atoms with Gasteiger partial charge in [0.25, 0.3) is 11.8 Å². The highest BCUT2D eigenvalue weighted by Gasteiger charge is 2.50. The molecule has 2 aromatic carbocycles. The van der Waals surface area contributed by atoms with Gasteiger partial charge in [-0.3, -0.25) is 14.9 Å². The maximum atomic E-state index is 13.6. The second-order valence-electron chi connectivity index (χ2n) is 7.43. The highest BCUT2D eigenvalue weighted by molar-refractivity contribution is 6.08.